The molecule has 2 aliphatic rings. The third-order valence-electron chi connectivity index (χ3n) is 4.63. The van der Waals surface area contributed by atoms with E-state index in [1.807, 2.05) is 0 Å². The molecule has 0 bridgehead atoms. The number of ether oxygens (including phenoxy) is 2. The van der Waals surface area contributed by atoms with E-state index in [-0.39, 0.29) is 0 Å². The maximum atomic E-state index is 5.44. The minimum absolute atomic E-state index is 0.520. The molecule has 1 aliphatic heterocycles. The molecule has 1 saturated heterocycles. The first kappa shape index (κ1) is 13.9. The molecule has 110 valence electrons. The Bertz CT molecular complexity index is 441. The maximum Gasteiger partial charge on any atom is 0.119 e. The summed E-state index contributed by atoms with van der Waals surface area (Å²) in [5.41, 5.74) is 2.93. The van der Waals surface area contributed by atoms with Crippen molar-refractivity contribution < 1.29 is 9.47 Å². The van der Waals surface area contributed by atoms with Gasteiger partial charge < -0.3 is 14.8 Å². The van der Waals surface area contributed by atoms with Gasteiger partial charge >= 0.3 is 0 Å². The van der Waals surface area contributed by atoms with Crippen molar-refractivity contribution in [2.24, 2.45) is 5.92 Å². The number of hydrogen-bond acceptors (Lipinski definition) is 3. The van der Waals surface area contributed by atoms with E-state index in [0.717, 1.165) is 31.4 Å². The van der Waals surface area contributed by atoms with Gasteiger partial charge in [0.25, 0.3) is 0 Å². The molecule has 2 unspecified atom stereocenters. The number of fused-ring (bicyclic) bond motifs is 1. The van der Waals surface area contributed by atoms with Gasteiger partial charge in [-0.1, -0.05) is 6.07 Å². The summed E-state index contributed by atoms with van der Waals surface area (Å²) in [7, 11) is 1.74. The van der Waals surface area contributed by atoms with Crippen molar-refractivity contribution in [2.45, 2.75) is 38.1 Å². The van der Waals surface area contributed by atoms with Crippen LogP contribution in [0.2, 0.25) is 0 Å². The van der Waals surface area contributed by atoms with Crippen LogP contribution in [0.15, 0.2) is 18.2 Å². The lowest BCUT2D eigenvalue weighted by molar-refractivity contribution is 0.184. The monoisotopic (exact) mass is 275 g/mol. The number of methoxy groups -OCH3 is 1. The second-order valence-electron chi connectivity index (χ2n) is 5.98. The standard InChI is InChI=1S/C17H25NO2/c1-19-15-5-6-16-14(11-15)3-2-4-17(16)18-9-7-13-8-10-20-12-13/h5-6,11,13,17-18H,2-4,7-10,12H2,1H3. The molecule has 0 amide bonds. The summed E-state index contributed by atoms with van der Waals surface area (Å²) in [5.74, 6) is 1.74. The molecule has 1 aromatic carbocycles. The number of hydrogen-bond donors (Lipinski definition) is 1. The highest BCUT2D eigenvalue weighted by atomic mass is 16.5. The summed E-state index contributed by atoms with van der Waals surface area (Å²) in [5, 5.41) is 3.75. The molecule has 1 N–H and O–H groups in total. The van der Waals surface area contributed by atoms with E-state index in [2.05, 4.69) is 23.5 Å². The van der Waals surface area contributed by atoms with Gasteiger partial charge in [0.05, 0.1) is 7.11 Å². The summed E-state index contributed by atoms with van der Waals surface area (Å²) in [6.07, 6.45) is 6.17. The van der Waals surface area contributed by atoms with E-state index in [9.17, 15) is 0 Å². The van der Waals surface area contributed by atoms with Crippen LogP contribution in [0.25, 0.3) is 0 Å². The highest BCUT2D eigenvalue weighted by Gasteiger charge is 2.21. The van der Waals surface area contributed by atoms with Crippen LogP contribution in [0.3, 0.4) is 0 Å². The highest BCUT2D eigenvalue weighted by Crippen LogP contribution is 2.32. The third-order valence-corrected chi connectivity index (χ3v) is 4.63. The molecule has 0 saturated carbocycles. The van der Waals surface area contributed by atoms with Crippen LogP contribution in [0.1, 0.15) is 42.9 Å². The Hall–Kier alpha value is -1.06. The molecule has 20 heavy (non-hydrogen) atoms. The molecule has 3 heteroatoms. The van der Waals surface area contributed by atoms with E-state index in [1.165, 1.54) is 43.2 Å². The zero-order valence-electron chi connectivity index (χ0n) is 12.4. The zero-order chi connectivity index (χ0) is 13.8. The summed E-state index contributed by atoms with van der Waals surface area (Å²) in [6, 6.07) is 7.05. The Balaban J connectivity index is 1.58. The lowest BCUT2D eigenvalue weighted by Gasteiger charge is -2.27. The van der Waals surface area contributed by atoms with Crippen molar-refractivity contribution in [3.8, 4) is 5.75 Å². The average Bonchev–Trinajstić information content (AvgIpc) is 3.00. The molecule has 3 nitrogen and oxygen atoms in total. The van der Waals surface area contributed by atoms with Crippen LogP contribution >= 0.6 is 0 Å². The van der Waals surface area contributed by atoms with Crippen LogP contribution in [0, 0.1) is 5.92 Å². The van der Waals surface area contributed by atoms with Crippen molar-refractivity contribution in [2.75, 3.05) is 26.9 Å². The van der Waals surface area contributed by atoms with Crippen molar-refractivity contribution in [1.29, 1.82) is 0 Å². The molecule has 3 rings (SSSR count). The Morgan fingerprint density at radius 2 is 2.30 bits per heavy atom. The second kappa shape index (κ2) is 6.59. The third kappa shape index (κ3) is 3.15. The van der Waals surface area contributed by atoms with Crippen LogP contribution in [0.5, 0.6) is 5.75 Å². The van der Waals surface area contributed by atoms with Gasteiger partial charge in [-0.15, -0.1) is 0 Å². The fourth-order valence-corrected chi connectivity index (χ4v) is 3.40. The van der Waals surface area contributed by atoms with Gasteiger partial charge in [-0.3, -0.25) is 0 Å². The van der Waals surface area contributed by atoms with Gasteiger partial charge in [0.15, 0.2) is 0 Å². The van der Waals surface area contributed by atoms with Crippen molar-refractivity contribution in [3.05, 3.63) is 29.3 Å². The number of aryl methyl sites for hydroxylation is 1. The Labute approximate surface area is 121 Å². The van der Waals surface area contributed by atoms with Crippen molar-refractivity contribution >= 4 is 0 Å². The smallest absolute Gasteiger partial charge is 0.119 e. The van der Waals surface area contributed by atoms with E-state index in [0.29, 0.717) is 6.04 Å². The molecular formula is C17H25NO2. The van der Waals surface area contributed by atoms with Gasteiger partial charge in [0, 0.05) is 19.3 Å². The SMILES string of the molecule is COc1ccc2c(c1)CCCC2NCCC1CCOC1. The van der Waals surface area contributed by atoms with Crippen LogP contribution < -0.4 is 10.1 Å². The Morgan fingerprint density at radius 1 is 1.35 bits per heavy atom. The summed E-state index contributed by atoms with van der Waals surface area (Å²) in [4.78, 5) is 0. The first-order valence-electron chi connectivity index (χ1n) is 7.85. The van der Waals surface area contributed by atoms with E-state index < -0.39 is 0 Å². The van der Waals surface area contributed by atoms with E-state index in [4.69, 9.17) is 9.47 Å². The quantitative estimate of drug-likeness (QED) is 0.895. The molecule has 0 radical (unpaired) electrons. The lowest BCUT2D eigenvalue weighted by atomic mass is 9.87. The molecule has 1 aliphatic carbocycles. The van der Waals surface area contributed by atoms with Gasteiger partial charge in [-0.25, -0.2) is 0 Å². The van der Waals surface area contributed by atoms with Gasteiger partial charge in [-0.05, 0) is 67.8 Å². The normalized spacial score (nSPS) is 25.4. The van der Waals surface area contributed by atoms with Gasteiger partial charge in [0.2, 0.25) is 0 Å². The fraction of sp³-hybridized carbons (Fsp3) is 0.647. The average molecular weight is 275 g/mol. The van der Waals surface area contributed by atoms with Gasteiger partial charge in [0.1, 0.15) is 5.75 Å². The molecular weight excluding hydrogens is 250 g/mol. The van der Waals surface area contributed by atoms with E-state index >= 15 is 0 Å². The first-order chi connectivity index (χ1) is 9.86. The first-order valence-corrected chi connectivity index (χ1v) is 7.85. The second-order valence-corrected chi connectivity index (χ2v) is 5.98. The highest BCUT2D eigenvalue weighted by molar-refractivity contribution is 5.39. The topological polar surface area (TPSA) is 30.5 Å². The van der Waals surface area contributed by atoms with Crippen LogP contribution in [-0.2, 0) is 11.2 Å². The summed E-state index contributed by atoms with van der Waals surface area (Å²) >= 11 is 0. The molecule has 0 aromatic heterocycles. The molecule has 0 spiro atoms. The predicted octanol–water partition coefficient (Wildman–Crippen LogP) is 3.09. The largest absolute Gasteiger partial charge is 0.497 e. The minimum atomic E-state index is 0.520. The Kier molecular flexibility index (Phi) is 4.58. The van der Waals surface area contributed by atoms with Crippen LogP contribution in [-0.4, -0.2) is 26.9 Å². The number of nitrogens with one attached hydrogen (secondary N) is 1. The summed E-state index contributed by atoms with van der Waals surface area (Å²) in [6.45, 7) is 3.01. The lowest BCUT2D eigenvalue weighted by Crippen LogP contribution is -2.27. The molecule has 2 atom stereocenters. The summed E-state index contributed by atoms with van der Waals surface area (Å²) < 4.78 is 10.8. The van der Waals surface area contributed by atoms with Crippen molar-refractivity contribution in [3.63, 3.8) is 0 Å². The van der Waals surface area contributed by atoms with Crippen LogP contribution in [0.4, 0.5) is 0 Å². The molecule has 1 fully saturated rings. The van der Waals surface area contributed by atoms with Gasteiger partial charge in [-0.2, -0.15) is 0 Å². The zero-order valence-corrected chi connectivity index (χ0v) is 12.4. The fourth-order valence-electron chi connectivity index (χ4n) is 3.40. The number of rotatable bonds is 5. The maximum absolute atomic E-state index is 5.44. The van der Waals surface area contributed by atoms with Crippen molar-refractivity contribution in [1.82, 2.24) is 5.32 Å². The molecule has 1 heterocycles. The predicted molar refractivity (Wildman–Crippen MR) is 80.2 cm³/mol. The minimum Gasteiger partial charge on any atom is -0.497 e. The number of benzene rings is 1. The Morgan fingerprint density at radius 3 is 3.10 bits per heavy atom. The van der Waals surface area contributed by atoms with E-state index in [1.54, 1.807) is 7.11 Å². The molecule has 1 aromatic rings.